The quantitative estimate of drug-likeness (QED) is 0.703. The number of alkyl halides is 3. The van der Waals surface area contributed by atoms with Gasteiger partial charge in [-0.15, -0.1) is 0 Å². The topological polar surface area (TPSA) is 20.2 Å². The summed E-state index contributed by atoms with van der Waals surface area (Å²) in [5.74, 6) is 0.137. The second-order valence-electron chi connectivity index (χ2n) is 6.38. The zero-order valence-electron chi connectivity index (χ0n) is 14.3. The molecule has 5 heteroatoms. The maximum atomic E-state index is 13.4. The fraction of sp³-hybridized carbons (Fsp3) is 0.368. The Morgan fingerprint density at radius 1 is 0.958 bits per heavy atom. The van der Waals surface area contributed by atoms with E-state index >= 15 is 0 Å². The van der Waals surface area contributed by atoms with Crippen molar-refractivity contribution in [2.75, 3.05) is 0 Å². The molecule has 2 unspecified atom stereocenters. The van der Waals surface area contributed by atoms with Crippen LogP contribution >= 0.6 is 8.58 Å². The number of halogens is 3. The van der Waals surface area contributed by atoms with E-state index < -0.39 is 16.9 Å². The van der Waals surface area contributed by atoms with Gasteiger partial charge in [-0.3, -0.25) is 0 Å². The van der Waals surface area contributed by atoms with E-state index in [-0.39, 0.29) is 14.3 Å². The van der Waals surface area contributed by atoms with Crippen LogP contribution in [0.4, 0.5) is 13.2 Å². The number of aromatic hydroxyl groups is 1. The molecule has 2 aromatic rings. The van der Waals surface area contributed by atoms with Crippen molar-refractivity contribution >= 4 is 13.9 Å². The molecule has 24 heavy (non-hydrogen) atoms. The summed E-state index contributed by atoms with van der Waals surface area (Å²) < 4.78 is 40.2. The van der Waals surface area contributed by atoms with E-state index in [1.807, 2.05) is 26.8 Å². The van der Waals surface area contributed by atoms with Gasteiger partial charge in [0.15, 0.2) is 0 Å². The predicted octanol–water partition coefficient (Wildman–Crippen LogP) is 5.66. The van der Waals surface area contributed by atoms with Crippen molar-refractivity contribution in [1.82, 2.24) is 0 Å². The summed E-state index contributed by atoms with van der Waals surface area (Å²) in [4.78, 5) is 0. The molecule has 1 N–H and O–H groups in total. The van der Waals surface area contributed by atoms with E-state index in [1.54, 1.807) is 31.2 Å². The summed E-state index contributed by atoms with van der Waals surface area (Å²) in [5, 5.41) is 9.98. The lowest BCUT2D eigenvalue weighted by Crippen LogP contribution is -2.23. The van der Waals surface area contributed by atoms with E-state index in [0.29, 0.717) is 22.9 Å². The Hall–Kier alpha value is -1.54. The maximum Gasteiger partial charge on any atom is 0.417 e. The Labute approximate surface area is 142 Å². The van der Waals surface area contributed by atoms with E-state index in [1.165, 1.54) is 6.07 Å². The van der Waals surface area contributed by atoms with Crippen LogP contribution in [0.25, 0.3) is 0 Å². The van der Waals surface area contributed by atoms with Gasteiger partial charge in [0, 0.05) is 10.7 Å². The van der Waals surface area contributed by atoms with Gasteiger partial charge in [0.25, 0.3) is 0 Å². The van der Waals surface area contributed by atoms with Crippen molar-refractivity contribution in [3.05, 3.63) is 58.7 Å². The molecule has 2 rings (SSSR count). The molecule has 130 valence electrons. The second-order valence-corrected chi connectivity index (χ2v) is 8.27. The van der Waals surface area contributed by atoms with Crippen LogP contribution in [0.1, 0.15) is 42.5 Å². The lowest BCUT2D eigenvalue weighted by molar-refractivity contribution is -0.136. The highest BCUT2D eigenvalue weighted by Gasteiger charge is 2.36. The van der Waals surface area contributed by atoms with Gasteiger partial charge in [0.1, 0.15) is 5.75 Å². The Balaban J connectivity index is 2.53. The number of hydrogen-bond donors (Lipinski definition) is 1. The standard InChI is InChI=1S/C19H22F3OP/c1-5-18(4,14-10-12(2)6-8-16(14)23)24-17-9-7-13(3)11-15(17)19(20,21)22/h6-11,23-24H,5H2,1-4H3. The molecule has 0 aliphatic rings. The fourth-order valence-electron chi connectivity index (χ4n) is 2.74. The first-order valence-corrected chi connectivity index (χ1v) is 8.83. The third kappa shape index (κ3) is 3.92. The SMILES string of the molecule is CCC(C)(Pc1ccc(C)cc1C(F)(F)F)c1cc(C)ccc1O. The first kappa shape index (κ1) is 18.8. The first-order valence-electron chi connectivity index (χ1n) is 7.83. The zero-order valence-corrected chi connectivity index (χ0v) is 15.3. The highest BCUT2D eigenvalue weighted by Crippen LogP contribution is 2.48. The Morgan fingerprint density at radius 3 is 2.04 bits per heavy atom. The van der Waals surface area contributed by atoms with E-state index in [9.17, 15) is 18.3 Å². The molecule has 2 aromatic carbocycles. The van der Waals surface area contributed by atoms with Gasteiger partial charge in [-0.25, -0.2) is 0 Å². The van der Waals surface area contributed by atoms with Crippen molar-refractivity contribution in [2.24, 2.45) is 0 Å². The molecular weight excluding hydrogens is 332 g/mol. The third-order valence-corrected chi connectivity index (χ3v) is 6.22. The molecule has 0 saturated heterocycles. The number of phenols is 1. The fourth-order valence-corrected chi connectivity index (χ4v) is 4.36. The Kier molecular flexibility index (Phi) is 5.29. The van der Waals surface area contributed by atoms with Crippen molar-refractivity contribution in [1.29, 1.82) is 0 Å². The van der Waals surface area contributed by atoms with Gasteiger partial charge >= 0.3 is 6.18 Å². The van der Waals surface area contributed by atoms with Crippen LogP contribution in [0.15, 0.2) is 36.4 Å². The molecule has 0 radical (unpaired) electrons. The largest absolute Gasteiger partial charge is 0.508 e. The molecule has 0 aliphatic carbocycles. The molecule has 1 nitrogen and oxygen atoms in total. The average Bonchev–Trinajstić information content (AvgIpc) is 2.50. The highest BCUT2D eigenvalue weighted by atomic mass is 31.1. The lowest BCUT2D eigenvalue weighted by atomic mass is 9.95. The summed E-state index contributed by atoms with van der Waals surface area (Å²) in [6.45, 7) is 7.43. The van der Waals surface area contributed by atoms with Crippen molar-refractivity contribution in [2.45, 2.75) is 45.4 Å². The number of phenolic OH excluding ortho intramolecular Hbond substituents is 1. The predicted molar refractivity (Wildman–Crippen MR) is 94.6 cm³/mol. The van der Waals surface area contributed by atoms with Gasteiger partial charge in [-0.2, -0.15) is 13.2 Å². The summed E-state index contributed by atoms with van der Waals surface area (Å²) in [6.07, 6.45) is -3.74. The maximum absolute atomic E-state index is 13.4. The van der Waals surface area contributed by atoms with Crippen molar-refractivity contribution in [3.63, 3.8) is 0 Å². The van der Waals surface area contributed by atoms with Crippen LogP contribution in [-0.2, 0) is 11.3 Å². The molecule has 0 saturated carbocycles. The minimum Gasteiger partial charge on any atom is -0.508 e. The number of hydrogen-bond acceptors (Lipinski definition) is 1. The Morgan fingerprint density at radius 2 is 1.50 bits per heavy atom. The normalized spacial score (nSPS) is 15.0. The average molecular weight is 354 g/mol. The third-order valence-electron chi connectivity index (χ3n) is 4.34. The van der Waals surface area contributed by atoms with Gasteiger partial charge < -0.3 is 5.11 Å². The second kappa shape index (κ2) is 6.76. The summed E-state index contributed by atoms with van der Waals surface area (Å²) in [6, 6.07) is 9.76. The van der Waals surface area contributed by atoms with Gasteiger partial charge in [0.05, 0.1) is 5.56 Å². The molecular formula is C19H22F3OP. The molecule has 0 heterocycles. The van der Waals surface area contributed by atoms with Crippen LogP contribution in [0.5, 0.6) is 5.75 Å². The Bertz CT molecular complexity index is 740. The molecule has 2 atom stereocenters. The monoisotopic (exact) mass is 354 g/mol. The lowest BCUT2D eigenvalue weighted by Gasteiger charge is -2.31. The van der Waals surface area contributed by atoms with Gasteiger partial charge in [-0.1, -0.05) is 57.8 Å². The number of rotatable bonds is 4. The van der Waals surface area contributed by atoms with Gasteiger partial charge in [0.2, 0.25) is 0 Å². The van der Waals surface area contributed by atoms with Crippen LogP contribution < -0.4 is 5.30 Å². The molecule has 0 aliphatic heterocycles. The minimum atomic E-state index is -4.38. The van der Waals surface area contributed by atoms with Crippen molar-refractivity contribution < 1.29 is 18.3 Å². The molecule has 0 bridgehead atoms. The van der Waals surface area contributed by atoms with Crippen LogP contribution in [0.3, 0.4) is 0 Å². The number of aryl methyl sites for hydroxylation is 2. The minimum absolute atomic E-state index is 0.0925. The zero-order chi connectivity index (χ0) is 18.1. The van der Waals surface area contributed by atoms with Crippen LogP contribution in [0, 0.1) is 13.8 Å². The molecule has 0 spiro atoms. The van der Waals surface area contributed by atoms with Crippen LogP contribution in [0.2, 0.25) is 0 Å². The molecule has 0 fully saturated rings. The summed E-state index contributed by atoms with van der Waals surface area (Å²) in [5.41, 5.74) is 1.70. The summed E-state index contributed by atoms with van der Waals surface area (Å²) in [7, 11) is -0.0925. The van der Waals surface area contributed by atoms with Crippen LogP contribution in [-0.4, -0.2) is 5.11 Å². The summed E-state index contributed by atoms with van der Waals surface area (Å²) >= 11 is 0. The van der Waals surface area contributed by atoms with E-state index in [2.05, 4.69) is 0 Å². The molecule has 0 amide bonds. The van der Waals surface area contributed by atoms with E-state index in [0.717, 1.165) is 5.56 Å². The first-order chi connectivity index (χ1) is 11.1. The van der Waals surface area contributed by atoms with E-state index in [4.69, 9.17) is 0 Å². The van der Waals surface area contributed by atoms with Crippen molar-refractivity contribution in [3.8, 4) is 5.75 Å². The molecule has 0 aromatic heterocycles. The van der Waals surface area contributed by atoms with Gasteiger partial charge in [-0.05, 0) is 37.7 Å². The highest BCUT2D eigenvalue weighted by molar-refractivity contribution is 7.48. The number of benzene rings is 2. The smallest absolute Gasteiger partial charge is 0.417 e.